The molecule has 1 amide bonds. The maximum atomic E-state index is 11.4. The Balaban J connectivity index is 2.06. The number of halogens is 1. The molecule has 0 aromatic heterocycles. The van der Waals surface area contributed by atoms with Crippen LogP contribution in [0.5, 0.6) is 0 Å². The zero-order valence-corrected chi connectivity index (χ0v) is 9.34. The molecule has 4 nitrogen and oxygen atoms in total. The van der Waals surface area contributed by atoms with Gasteiger partial charge in [-0.15, -0.1) is 0 Å². The summed E-state index contributed by atoms with van der Waals surface area (Å²) in [5.41, 5.74) is -0.0515. The van der Waals surface area contributed by atoms with E-state index in [4.69, 9.17) is 5.84 Å². The summed E-state index contributed by atoms with van der Waals surface area (Å²) in [5.74, 6) is 5.92. The Morgan fingerprint density at radius 1 is 1.69 bits per heavy atom. The number of rotatable bonds is 1. The third-order valence-corrected chi connectivity index (χ3v) is 3.91. The predicted octanol–water partition coefficient (Wildman–Crippen LogP) is 1.01. The summed E-state index contributed by atoms with van der Waals surface area (Å²) in [4.78, 5) is 13.2. The lowest BCUT2D eigenvalue weighted by atomic mass is 10.4. The molecule has 0 aromatic rings. The van der Waals surface area contributed by atoms with Gasteiger partial charge in [-0.3, -0.25) is 9.80 Å². The van der Waals surface area contributed by atoms with Crippen LogP contribution < -0.4 is 5.84 Å². The molecule has 0 aliphatic carbocycles. The summed E-state index contributed by atoms with van der Waals surface area (Å²) in [6.45, 7) is 0.818. The van der Waals surface area contributed by atoms with E-state index in [0.29, 0.717) is 6.42 Å². The normalized spacial score (nSPS) is 28.6. The lowest BCUT2D eigenvalue weighted by molar-refractivity contribution is -0.130. The van der Waals surface area contributed by atoms with Gasteiger partial charge in [0.1, 0.15) is 0 Å². The quantitative estimate of drug-likeness (QED) is 0.718. The van der Waals surface area contributed by atoms with E-state index < -0.39 is 0 Å². The molecule has 1 fully saturated rings. The summed E-state index contributed by atoms with van der Waals surface area (Å²) in [6, 6.07) is 0. The second-order valence-corrected chi connectivity index (χ2v) is 5.49. The zero-order chi connectivity index (χ0) is 9.42. The second-order valence-electron chi connectivity index (χ2n) is 3.02. The summed E-state index contributed by atoms with van der Waals surface area (Å²) in [6.07, 6.45) is 3.39. The fraction of sp³-hybridized carbons (Fsp3) is 0.571. The Kier molecular flexibility index (Phi) is 2.53. The van der Waals surface area contributed by atoms with E-state index in [1.165, 1.54) is 0 Å². The predicted molar refractivity (Wildman–Crippen MR) is 55.4 cm³/mol. The van der Waals surface area contributed by atoms with E-state index in [1.807, 2.05) is 4.90 Å². The van der Waals surface area contributed by atoms with Crippen LogP contribution in [0.15, 0.2) is 10.0 Å². The Bertz CT molecular complexity index is 270. The third-order valence-electron chi connectivity index (χ3n) is 2.10. The van der Waals surface area contributed by atoms with Crippen molar-refractivity contribution in [3.8, 4) is 0 Å². The third kappa shape index (κ3) is 1.70. The number of carbonyl (C=O) groups excluding carboxylic acids is 1. The largest absolute Gasteiger partial charge is 0.312 e. The van der Waals surface area contributed by atoms with Crippen LogP contribution in [0.4, 0.5) is 0 Å². The molecule has 0 radical (unpaired) electrons. The van der Waals surface area contributed by atoms with Crippen molar-refractivity contribution in [2.45, 2.75) is 18.3 Å². The smallest absolute Gasteiger partial charge is 0.224 e. The Hall–Kier alpha value is -0.200. The SMILES string of the molecule is NN1C=C(Br)SC1N1CCCC1=O. The average Bonchev–Trinajstić information content (AvgIpc) is 2.58. The highest BCUT2D eigenvalue weighted by atomic mass is 79.9. The van der Waals surface area contributed by atoms with Gasteiger partial charge in [-0.05, 0) is 22.4 Å². The van der Waals surface area contributed by atoms with Crippen LogP contribution in [-0.4, -0.2) is 27.9 Å². The molecule has 6 heteroatoms. The van der Waals surface area contributed by atoms with E-state index in [1.54, 1.807) is 23.0 Å². The first kappa shape index (κ1) is 9.36. The molecule has 2 N–H and O–H groups in total. The van der Waals surface area contributed by atoms with Gasteiger partial charge in [0, 0.05) is 19.2 Å². The number of thioether (sulfide) groups is 1. The van der Waals surface area contributed by atoms with Crippen LogP contribution >= 0.6 is 27.7 Å². The van der Waals surface area contributed by atoms with Gasteiger partial charge in [-0.1, -0.05) is 11.8 Å². The molecule has 0 saturated carbocycles. The minimum atomic E-state index is -0.0515. The van der Waals surface area contributed by atoms with E-state index >= 15 is 0 Å². The molecular weight excluding hydrogens is 254 g/mol. The molecule has 1 atom stereocenters. The summed E-state index contributed by atoms with van der Waals surface area (Å²) >= 11 is 4.91. The maximum Gasteiger partial charge on any atom is 0.224 e. The molecule has 1 unspecified atom stereocenters. The van der Waals surface area contributed by atoms with E-state index in [2.05, 4.69) is 15.9 Å². The van der Waals surface area contributed by atoms with Crippen molar-refractivity contribution < 1.29 is 4.79 Å². The van der Waals surface area contributed by atoms with E-state index in [-0.39, 0.29) is 11.4 Å². The molecule has 2 aliphatic heterocycles. The van der Waals surface area contributed by atoms with Crippen molar-refractivity contribution in [1.82, 2.24) is 9.91 Å². The first-order valence-corrected chi connectivity index (χ1v) is 5.72. The second kappa shape index (κ2) is 3.51. The van der Waals surface area contributed by atoms with Crippen LogP contribution in [0.1, 0.15) is 12.8 Å². The number of hydrogen-bond acceptors (Lipinski definition) is 4. The molecule has 72 valence electrons. The first-order chi connectivity index (χ1) is 6.18. The standard InChI is InChI=1S/C7H10BrN3OS/c8-5-4-11(9)7(13-5)10-3-1-2-6(10)12/h4,7H,1-3,9H2. The molecule has 1 saturated heterocycles. The van der Waals surface area contributed by atoms with Crippen LogP contribution in [0, 0.1) is 0 Å². The van der Waals surface area contributed by atoms with Gasteiger partial charge in [-0.25, -0.2) is 5.84 Å². The average molecular weight is 264 g/mol. The molecule has 0 aromatic carbocycles. The highest BCUT2D eigenvalue weighted by molar-refractivity contribution is 9.14. The minimum absolute atomic E-state index is 0.0515. The van der Waals surface area contributed by atoms with Crippen LogP contribution in [0.2, 0.25) is 0 Å². The topological polar surface area (TPSA) is 49.6 Å². The van der Waals surface area contributed by atoms with Crippen LogP contribution in [-0.2, 0) is 4.79 Å². The van der Waals surface area contributed by atoms with Gasteiger partial charge in [0.05, 0.1) is 3.81 Å². The van der Waals surface area contributed by atoms with Gasteiger partial charge in [0.15, 0.2) is 5.50 Å². The highest BCUT2D eigenvalue weighted by Gasteiger charge is 2.34. The van der Waals surface area contributed by atoms with Crippen molar-refractivity contribution in [1.29, 1.82) is 0 Å². The van der Waals surface area contributed by atoms with Crippen molar-refractivity contribution >= 4 is 33.6 Å². The summed E-state index contributed by atoms with van der Waals surface area (Å²) in [5, 5.41) is 1.57. The summed E-state index contributed by atoms with van der Waals surface area (Å²) < 4.78 is 0.972. The number of hydrazine groups is 1. The number of hydrogen-bond donors (Lipinski definition) is 1. The fourth-order valence-electron chi connectivity index (χ4n) is 1.50. The lowest BCUT2D eigenvalue weighted by Gasteiger charge is -2.28. The lowest BCUT2D eigenvalue weighted by Crippen LogP contribution is -2.45. The molecule has 2 rings (SSSR count). The minimum Gasteiger partial charge on any atom is -0.312 e. The van der Waals surface area contributed by atoms with E-state index in [9.17, 15) is 4.79 Å². The number of likely N-dealkylation sites (tertiary alicyclic amines) is 1. The van der Waals surface area contributed by atoms with Gasteiger partial charge in [-0.2, -0.15) is 0 Å². The molecular formula is C7H10BrN3OS. The Morgan fingerprint density at radius 2 is 2.46 bits per heavy atom. The maximum absolute atomic E-state index is 11.4. The molecule has 0 bridgehead atoms. The number of nitrogens with two attached hydrogens (primary N) is 1. The van der Waals surface area contributed by atoms with Gasteiger partial charge in [0.2, 0.25) is 5.91 Å². The molecule has 0 spiro atoms. The highest BCUT2D eigenvalue weighted by Crippen LogP contribution is 2.37. The molecule has 2 heterocycles. The van der Waals surface area contributed by atoms with Crippen molar-refractivity contribution in [3.63, 3.8) is 0 Å². The van der Waals surface area contributed by atoms with Crippen molar-refractivity contribution in [2.24, 2.45) is 5.84 Å². The van der Waals surface area contributed by atoms with E-state index in [0.717, 1.165) is 16.8 Å². The first-order valence-electron chi connectivity index (χ1n) is 4.05. The molecule has 2 aliphatic rings. The zero-order valence-electron chi connectivity index (χ0n) is 6.94. The Labute approximate surface area is 89.2 Å². The van der Waals surface area contributed by atoms with Crippen LogP contribution in [0.25, 0.3) is 0 Å². The Morgan fingerprint density at radius 3 is 2.92 bits per heavy atom. The number of nitrogens with zero attached hydrogens (tertiary/aromatic N) is 2. The van der Waals surface area contributed by atoms with Gasteiger partial charge >= 0.3 is 0 Å². The summed E-state index contributed by atoms with van der Waals surface area (Å²) in [7, 11) is 0. The van der Waals surface area contributed by atoms with Crippen LogP contribution in [0.3, 0.4) is 0 Å². The van der Waals surface area contributed by atoms with Gasteiger partial charge in [0.25, 0.3) is 0 Å². The van der Waals surface area contributed by atoms with Gasteiger partial charge < -0.3 is 4.90 Å². The molecule has 13 heavy (non-hydrogen) atoms. The number of amides is 1. The van der Waals surface area contributed by atoms with Crippen molar-refractivity contribution in [3.05, 3.63) is 10.0 Å². The van der Waals surface area contributed by atoms with Crippen molar-refractivity contribution in [2.75, 3.05) is 6.54 Å². The fourth-order valence-corrected chi connectivity index (χ4v) is 3.15. The monoisotopic (exact) mass is 263 g/mol. The number of carbonyl (C=O) groups is 1.